The summed E-state index contributed by atoms with van der Waals surface area (Å²) in [6.45, 7) is 1.84. The van der Waals surface area contributed by atoms with Gasteiger partial charge in [-0.2, -0.15) is 0 Å². The van der Waals surface area contributed by atoms with Crippen LogP contribution in [-0.4, -0.2) is 34.0 Å². The van der Waals surface area contributed by atoms with Crippen LogP contribution in [0.1, 0.15) is 18.9 Å². The van der Waals surface area contributed by atoms with Crippen LogP contribution in [-0.2, 0) is 10.8 Å². The third-order valence-electron chi connectivity index (χ3n) is 5.08. The molecule has 3 nitrogen and oxygen atoms in total. The standard InChI is InChI=1S/C22H20F2N2OS/c1-3-15-5-7-19-16(11-15)12-20(25-19)18-13-17(28(27)4-2)6-8-21(18)26-10-9-22(23,24)14-26/h1,5-8,11-13,25H,4,9-10,14H2,2H3/t28-/m1/s1. The van der Waals surface area contributed by atoms with Crippen molar-refractivity contribution in [2.75, 3.05) is 23.7 Å². The van der Waals surface area contributed by atoms with Crippen LogP contribution in [0.5, 0.6) is 0 Å². The van der Waals surface area contributed by atoms with Crippen LogP contribution in [0.3, 0.4) is 0 Å². The van der Waals surface area contributed by atoms with E-state index in [0.29, 0.717) is 10.6 Å². The van der Waals surface area contributed by atoms with Crippen molar-refractivity contribution in [2.24, 2.45) is 0 Å². The van der Waals surface area contributed by atoms with Gasteiger partial charge < -0.3 is 9.88 Å². The summed E-state index contributed by atoms with van der Waals surface area (Å²) < 4.78 is 40.0. The van der Waals surface area contributed by atoms with Crippen molar-refractivity contribution in [3.05, 3.63) is 48.0 Å². The van der Waals surface area contributed by atoms with Gasteiger partial charge in [-0.1, -0.05) is 12.8 Å². The molecule has 1 saturated heterocycles. The molecule has 1 atom stereocenters. The number of halogens is 2. The van der Waals surface area contributed by atoms with Gasteiger partial charge in [-0.05, 0) is 42.5 Å². The van der Waals surface area contributed by atoms with E-state index in [0.717, 1.165) is 33.4 Å². The van der Waals surface area contributed by atoms with Gasteiger partial charge in [-0.3, -0.25) is 4.21 Å². The molecule has 3 aromatic rings. The Balaban J connectivity index is 1.85. The molecule has 2 heterocycles. The number of H-pyrrole nitrogens is 1. The molecule has 1 aromatic heterocycles. The second-order valence-corrected chi connectivity index (χ2v) is 8.71. The third kappa shape index (κ3) is 3.43. The van der Waals surface area contributed by atoms with Crippen molar-refractivity contribution in [1.29, 1.82) is 0 Å². The summed E-state index contributed by atoms with van der Waals surface area (Å²) in [5.41, 5.74) is 3.98. The molecule has 6 heteroatoms. The molecular formula is C22H20F2N2OS. The summed E-state index contributed by atoms with van der Waals surface area (Å²) in [7, 11) is -1.13. The zero-order chi connectivity index (χ0) is 19.9. The predicted molar refractivity (Wildman–Crippen MR) is 110 cm³/mol. The van der Waals surface area contributed by atoms with Crippen LogP contribution in [0.2, 0.25) is 0 Å². The SMILES string of the molecule is C#Cc1ccc2[nH]c(-c3cc([S@](=O)CC)ccc3N3CCC(F)(F)C3)cc2c1. The van der Waals surface area contributed by atoms with E-state index in [-0.39, 0.29) is 19.5 Å². The number of hydrogen-bond donors (Lipinski definition) is 1. The van der Waals surface area contributed by atoms with Crippen LogP contribution in [0.4, 0.5) is 14.5 Å². The Kier molecular flexibility index (Phi) is 4.72. The molecule has 1 fully saturated rings. The molecule has 1 aliphatic rings. The number of rotatable bonds is 4. The monoisotopic (exact) mass is 398 g/mol. The molecule has 4 rings (SSSR count). The summed E-state index contributed by atoms with van der Waals surface area (Å²) in [6, 6.07) is 13.1. The summed E-state index contributed by atoms with van der Waals surface area (Å²) in [6.07, 6.45) is 5.33. The van der Waals surface area contributed by atoms with Crippen molar-refractivity contribution in [3.8, 4) is 23.6 Å². The van der Waals surface area contributed by atoms with Crippen LogP contribution < -0.4 is 4.90 Å². The van der Waals surface area contributed by atoms with Crippen molar-refractivity contribution in [3.63, 3.8) is 0 Å². The molecule has 0 aliphatic carbocycles. The molecule has 28 heavy (non-hydrogen) atoms. The highest BCUT2D eigenvalue weighted by Crippen LogP contribution is 2.38. The van der Waals surface area contributed by atoms with Gasteiger partial charge in [0, 0.05) is 57.0 Å². The zero-order valence-electron chi connectivity index (χ0n) is 15.5. The number of benzene rings is 2. The first-order valence-corrected chi connectivity index (χ1v) is 10.5. The van der Waals surface area contributed by atoms with Crippen molar-refractivity contribution < 1.29 is 13.0 Å². The van der Waals surface area contributed by atoms with E-state index in [2.05, 4.69) is 10.9 Å². The molecule has 1 aliphatic heterocycles. The molecule has 0 amide bonds. The van der Waals surface area contributed by atoms with E-state index >= 15 is 0 Å². The highest BCUT2D eigenvalue weighted by Gasteiger charge is 2.39. The Bertz CT molecular complexity index is 1110. The summed E-state index contributed by atoms with van der Waals surface area (Å²) in [4.78, 5) is 5.74. The number of aromatic amines is 1. The average molecular weight is 398 g/mol. The third-order valence-corrected chi connectivity index (χ3v) is 6.39. The van der Waals surface area contributed by atoms with Gasteiger partial charge in [0.2, 0.25) is 0 Å². The van der Waals surface area contributed by atoms with Gasteiger partial charge in [0.05, 0.1) is 17.3 Å². The Morgan fingerprint density at radius 2 is 2.07 bits per heavy atom. The minimum Gasteiger partial charge on any atom is -0.365 e. The Morgan fingerprint density at radius 1 is 1.25 bits per heavy atom. The maximum absolute atomic E-state index is 13.8. The number of terminal acetylenes is 1. The number of hydrogen-bond acceptors (Lipinski definition) is 2. The molecule has 0 unspecified atom stereocenters. The van der Waals surface area contributed by atoms with Crippen LogP contribution >= 0.6 is 0 Å². The number of alkyl halides is 2. The van der Waals surface area contributed by atoms with Crippen LogP contribution in [0, 0.1) is 12.3 Å². The minimum atomic E-state index is -2.69. The highest BCUT2D eigenvalue weighted by atomic mass is 32.2. The number of nitrogens with one attached hydrogen (secondary N) is 1. The molecule has 0 bridgehead atoms. The average Bonchev–Trinajstić information content (AvgIpc) is 3.28. The van der Waals surface area contributed by atoms with Gasteiger partial charge in [0.15, 0.2) is 0 Å². The number of aromatic nitrogens is 1. The van der Waals surface area contributed by atoms with Gasteiger partial charge in [0.1, 0.15) is 0 Å². The largest absolute Gasteiger partial charge is 0.365 e. The maximum atomic E-state index is 13.8. The molecule has 0 spiro atoms. The second kappa shape index (κ2) is 7.06. The van der Waals surface area contributed by atoms with E-state index in [4.69, 9.17) is 6.42 Å². The number of anilines is 1. The fourth-order valence-corrected chi connectivity index (χ4v) is 4.43. The summed E-state index contributed by atoms with van der Waals surface area (Å²) >= 11 is 0. The molecule has 1 N–H and O–H groups in total. The Labute approximate surface area is 165 Å². The normalized spacial score (nSPS) is 17.0. The lowest BCUT2D eigenvalue weighted by Gasteiger charge is -2.22. The fraction of sp³-hybridized carbons (Fsp3) is 0.273. The molecular weight excluding hydrogens is 378 g/mol. The lowest BCUT2D eigenvalue weighted by Crippen LogP contribution is -2.25. The first kappa shape index (κ1) is 18.7. The molecule has 0 saturated carbocycles. The summed E-state index contributed by atoms with van der Waals surface area (Å²) in [5, 5.41) is 0.949. The molecule has 144 valence electrons. The van der Waals surface area contributed by atoms with E-state index in [1.165, 1.54) is 0 Å². The molecule has 2 aromatic carbocycles. The fourth-order valence-electron chi connectivity index (χ4n) is 3.62. The topological polar surface area (TPSA) is 36.1 Å². The minimum absolute atomic E-state index is 0.159. The number of nitrogens with zero attached hydrogens (tertiary/aromatic N) is 1. The van der Waals surface area contributed by atoms with Crippen LogP contribution in [0.15, 0.2) is 47.4 Å². The van der Waals surface area contributed by atoms with Gasteiger partial charge in [0.25, 0.3) is 5.92 Å². The lowest BCUT2D eigenvalue weighted by atomic mass is 10.1. The van der Waals surface area contributed by atoms with Crippen molar-refractivity contribution >= 4 is 27.4 Å². The zero-order valence-corrected chi connectivity index (χ0v) is 16.3. The second-order valence-electron chi connectivity index (χ2n) is 6.97. The number of fused-ring (bicyclic) bond motifs is 1. The predicted octanol–water partition coefficient (Wildman–Crippen LogP) is 4.79. The summed E-state index contributed by atoms with van der Waals surface area (Å²) in [5.74, 6) is 0.428. The van der Waals surface area contributed by atoms with Gasteiger partial charge in [-0.25, -0.2) is 8.78 Å². The Morgan fingerprint density at radius 3 is 2.75 bits per heavy atom. The first-order valence-electron chi connectivity index (χ1n) is 9.15. The lowest BCUT2D eigenvalue weighted by molar-refractivity contribution is 0.0257. The highest BCUT2D eigenvalue weighted by molar-refractivity contribution is 7.85. The smallest absolute Gasteiger partial charge is 0.266 e. The maximum Gasteiger partial charge on any atom is 0.266 e. The van der Waals surface area contributed by atoms with Gasteiger partial charge in [-0.15, -0.1) is 6.42 Å². The van der Waals surface area contributed by atoms with E-state index in [1.807, 2.05) is 37.3 Å². The van der Waals surface area contributed by atoms with E-state index in [1.54, 1.807) is 17.0 Å². The van der Waals surface area contributed by atoms with Crippen LogP contribution in [0.25, 0.3) is 22.2 Å². The molecule has 0 radical (unpaired) electrons. The quantitative estimate of drug-likeness (QED) is 0.642. The van der Waals surface area contributed by atoms with Gasteiger partial charge >= 0.3 is 0 Å². The first-order chi connectivity index (χ1) is 13.4. The van der Waals surface area contributed by atoms with E-state index < -0.39 is 16.7 Å². The Hall–Kier alpha value is -2.65. The van der Waals surface area contributed by atoms with Crippen molar-refractivity contribution in [1.82, 2.24) is 4.98 Å². The van der Waals surface area contributed by atoms with E-state index in [9.17, 15) is 13.0 Å². The van der Waals surface area contributed by atoms with Crippen molar-refractivity contribution in [2.45, 2.75) is 24.2 Å².